The zero-order chi connectivity index (χ0) is 14.0. The van der Waals surface area contributed by atoms with Crippen LogP contribution in [0.4, 0.5) is 0 Å². The van der Waals surface area contributed by atoms with Crippen LogP contribution in [-0.4, -0.2) is 38.5 Å². The number of morpholine rings is 1. The summed E-state index contributed by atoms with van der Waals surface area (Å²) in [7, 11) is -3.58. The molecule has 0 spiro atoms. The number of nitrogens with zero attached hydrogens (tertiary/aromatic N) is 2. The minimum atomic E-state index is -3.58. The number of ether oxygens (including phenoxy) is 1. The van der Waals surface area contributed by atoms with Gasteiger partial charge in [0.2, 0.25) is 10.0 Å². The first-order valence-electron chi connectivity index (χ1n) is 5.76. The second-order valence-electron chi connectivity index (χ2n) is 4.30. The molecule has 0 radical (unpaired) electrons. The lowest BCUT2D eigenvalue weighted by atomic mass is 10.2. The summed E-state index contributed by atoms with van der Waals surface area (Å²) in [6.45, 7) is 2.85. The standard InChI is InChI=1S/C12H13ClN2O3S/c1-9-8-15(4-5-18-9)19(16,17)11-3-2-10(7-14)12(13)6-11/h2-3,6,9H,4-5,8H2,1H3/t9-/m0/s1. The van der Waals surface area contributed by atoms with Gasteiger partial charge in [-0.2, -0.15) is 9.57 Å². The largest absolute Gasteiger partial charge is 0.376 e. The van der Waals surface area contributed by atoms with Gasteiger partial charge < -0.3 is 4.74 Å². The summed E-state index contributed by atoms with van der Waals surface area (Å²) in [5, 5.41) is 8.93. The van der Waals surface area contributed by atoms with Crippen molar-refractivity contribution < 1.29 is 13.2 Å². The minimum Gasteiger partial charge on any atom is -0.376 e. The first kappa shape index (κ1) is 14.3. The van der Waals surface area contributed by atoms with Crippen LogP contribution in [0, 0.1) is 11.3 Å². The topological polar surface area (TPSA) is 70.4 Å². The monoisotopic (exact) mass is 300 g/mol. The molecule has 5 nitrogen and oxygen atoms in total. The molecule has 2 rings (SSSR count). The third kappa shape index (κ3) is 2.90. The van der Waals surface area contributed by atoms with E-state index >= 15 is 0 Å². The van der Waals surface area contributed by atoms with Gasteiger partial charge >= 0.3 is 0 Å². The minimum absolute atomic E-state index is 0.102. The van der Waals surface area contributed by atoms with Gasteiger partial charge in [-0.1, -0.05) is 11.6 Å². The Morgan fingerprint density at radius 3 is 2.84 bits per heavy atom. The third-order valence-electron chi connectivity index (χ3n) is 2.90. The Kier molecular flexibility index (Phi) is 4.11. The third-order valence-corrected chi connectivity index (χ3v) is 5.08. The number of halogens is 1. The fraction of sp³-hybridized carbons (Fsp3) is 0.417. The van der Waals surface area contributed by atoms with Gasteiger partial charge in [0.1, 0.15) is 6.07 Å². The van der Waals surface area contributed by atoms with E-state index in [1.165, 1.54) is 22.5 Å². The number of hydrogen-bond acceptors (Lipinski definition) is 4. The number of hydrogen-bond donors (Lipinski definition) is 0. The van der Waals surface area contributed by atoms with Gasteiger partial charge in [-0.25, -0.2) is 8.42 Å². The van der Waals surface area contributed by atoms with Crippen LogP contribution in [0.3, 0.4) is 0 Å². The molecule has 1 atom stereocenters. The lowest BCUT2D eigenvalue weighted by Crippen LogP contribution is -2.44. The molecule has 0 bridgehead atoms. The number of benzene rings is 1. The Balaban J connectivity index is 2.34. The Morgan fingerprint density at radius 1 is 1.53 bits per heavy atom. The van der Waals surface area contributed by atoms with Crippen LogP contribution >= 0.6 is 11.6 Å². The van der Waals surface area contributed by atoms with Crippen LogP contribution in [0.1, 0.15) is 12.5 Å². The van der Waals surface area contributed by atoms with Crippen molar-refractivity contribution in [2.75, 3.05) is 19.7 Å². The number of rotatable bonds is 2. The van der Waals surface area contributed by atoms with E-state index in [1.807, 2.05) is 13.0 Å². The maximum Gasteiger partial charge on any atom is 0.243 e. The van der Waals surface area contributed by atoms with Crippen molar-refractivity contribution in [2.24, 2.45) is 0 Å². The van der Waals surface area contributed by atoms with E-state index < -0.39 is 10.0 Å². The van der Waals surface area contributed by atoms with Crippen molar-refractivity contribution in [1.29, 1.82) is 5.26 Å². The molecular formula is C12H13ClN2O3S. The molecule has 0 aromatic heterocycles. The average Bonchev–Trinajstić information content (AvgIpc) is 2.38. The summed E-state index contributed by atoms with van der Waals surface area (Å²) < 4.78 is 31.5. The van der Waals surface area contributed by atoms with Gasteiger partial charge in [0, 0.05) is 13.1 Å². The van der Waals surface area contributed by atoms with Gasteiger partial charge in [0.15, 0.2) is 0 Å². The van der Waals surface area contributed by atoms with Crippen LogP contribution in [0.15, 0.2) is 23.1 Å². The Labute approximate surface area is 117 Å². The van der Waals surface area contributed by atoms with Crippen LogP contribution in [-0.2, 0) is 14.8 Å². The quantitative estimate of drug-likeness (QED) is 0.832. The van der Waals surface area contributed by atoms with Crippen molar-refractivity contribution in [3.63, 3.8) is 0 Å². The van der Waals surface area contributed by atoms with E-state index in [0.717, 1.165) is 0 Å². The number of nitriles is 1. The highest BCUT2D eigenvalue weighted by molar-refractivity contribution is 7.89. The van der Waals surface area contributed by atoms with Gasteiger partial charge in [-0.15, -0.1) is 0 Å². The molecule has 0 aliphatic carbocycles. The van der Waals surface area contributed by atoms with E-state index in [0.29, 0.717) is 19.7 Å². The smallest absolute Gasteiger partial charge is 0.243 e. The zero-order valence-electron chi connectivity index (χ0n) is 10.3. The fourth-order valence-electron chi connectivity index (χ4n) is 1.90. The highest BCUT2D eigenvalue weighted by Gasteiger charge is 2.29. The second kappa shape index (κ2) is 5.47. The molecule has 0 amide bonds. The molecule has 1 heterocycles. The number of sulfonamides is 1. The zero-order valence-corrected chi connectivity index (χ0v) is 11.9. The van der Waals surface area contributed by atoms with Gasteiger partial charge in [-0.05, 0) is 25.1 Å². The van der Waals surface area contributed by atoms with E-state index in [2.05, 4.69) is 0 Å². The normalized spacial score (nSPS) is 21.0. The van der Waals surface area contributed by atoms with Crippen LogP contribution in [0.5, 0.6) is 0 Å². The molecule has 102 valence electrons. The SMILES string of the molecule is C[C@H]1CN(S(=O)(=O)c2ccc(C#N)c(Cl)c2)CCO1. The van der Waals surface area contributed by atoms with Gasteiger partial charge in [0.05, 0.1) is 28.2 Å². The highest BCUT2D eigenvalue weighted by atomic mass is 35.5. The molecule has 1 fully saturated rings. The molecular weight excluding hydrogens is 288 g/mol. The molecule has 19 heavy (non-hydrogen) atoms. The van der Waals surface area contributed by atoms with Gasteiger partial charge in [-0.3, -0.25) is 0 Å². The first-order valence-corrected chi connectivity index (χ1v) is 7.58. The molecule has 0 saturated carbocycles. The summed E-state index contributed by atoms with van der Waals surface area (Å²) >= 11 is 5.87. The molecule has 1 aliphatic rings. The molecule has 7 heteroatoms. The Bertz CT molecular complexity index is 624. The summed E-state index contributed by atoms with van der Waals surface area (Å²) in [5.41, 5.74) is 0.260. The van der Waals surface area contributed by atoms with Crippen molar-refractivity contribution in [3.8, 4) is 6.07 Å². The first-order chi connectivity index (χ1) is 8.95. The summed E-state index contributed by atoms with van der Waals surface area (Å²) in [5.74, 6) is 0. The molecule has 0 unspecified atom stereocenters. The lowest BCUT2D eigenvalue weighted by Gasteiger charge is -2.30. The molecule has 1 aliphatic heterocycles. The maximum atomic E-state index is 12.4. The van der Waals surface area contributed by atoms with Crippen LogP contribution in [0.2, 0.25) is 5.02 Å². The Morgan fingerprint density at radius 2 is 2.26 bits per heavy atom. The molecule has 1 aromatic carbocycles. The lowest BCUT2D eigenvalue weighted by molar-refractivity contribution is 0.0102. The second-order valence-corrected chi connectivity index (χ2v) is 6.64. The van der Waals surface area contributed by atoms with Crippen LogP contribution in [0.25, 0.3) is 0 Å². The molecule has 1 saturated heterocycles. The fourth-order valence-corrected chi connectivity index (χ4v) is 3.71. The Hall–Kier alpha value is -1.13. The van der Waals surface area contributed by atoms with Gasteiger partial charge in [0.25, 0.3) is 0 Å². The van der Waals surface area contributed by atoms with Crippen molar-refractivity contribution >= 4 is 21.6 Å². The van der Waals surface area contributed by atoms with Crippen molar-refractivity contribution in [2.45, 2.75) is 17.9 Å². The van der Waals surface area contributed by atoms with Crippen molar-refractivity contribution in [1.82, 2.24) is 4.31 Å². The van der Waals surface area contributed by atoms with E-state index in [9.17, 15) is 8.42 Å². The predicted molar refractivity (Wildman–Crippen MR) is 70.3 cm³/mol. The van der Waals surface area contributed by atoms with Crippen LogP contribution < -0.4 is 0 Å². The van der Waals surface area contributed by atoms with E-state index in [-0.39, 0.29) is 21.6 Å². The predicted octanol–water partition coefficient (Wildman–Crippen LogP) is 1.62. The summed E-state index contributed by atoms with van der Waals surface area (Å²) in [4.78, 5) is 0.102. The average molecular weight is 301 g/mol. The van der Waals surface area contributed by atoms with E-state index in [4.69, 9.17) is 21.6 Å². The van der Waals surface area contributed by atoms with Crippen molar-refractivity contribution in [3.05, 3.63) is 28.8 Å². The highest BCUT2D eigenvalue weighted by Crippen LogP contribution is 2.24. The van der Waals surface area contributed by atoms with E-state index in [1.54, 1.807) is 0 Å². The summed E-state index contributed by atoms with van der Waals surface area (Å²) in [6.07, 6.45) is -0.127. The molecule has 1 aromatic rings. The summed E-state index contributed by atoms with van der Waals surface area (Å²) in [6, 6.07) is 6.03. The maximum absolute atomic E-state index is 12.4. The molecule has 0 N–H and O–H groups in total.